The Morgan fingerprint density at radius 2 is 2.09 bits per heavy atom. The fourth-order valence-electron chi connectivity index (χ4n) is 5.18. The van der Waals surface area contributed by atoms with Gasteiger partial charge in [0.1, 0.15) is 6.04 Å². The number of piperazine rings is 1. The molecule has 0 radical (unpaired) electrons. The summed E-state index contributed by atoms with van der Waals surface area (Å²) in [6.07, 6.45) is 2.27. The molecular weight excluding hydrogens is 456 g/mol. The summed E-state index contributed by atoms with van der Waals surface area (Å²) >= 11 is 1.12. The molecule has 3 aliphatic rings. The van der Waals surface area contributed by atoms with Crippen molar-refractivity contribution in [2.24, 2.45) is 5.73 Å². The van der Waals surface area contributed by atoms with Crippen molar-refractivity contribution in [3.05, 3.63) is 29.8 Å². The minimum atomic E-state index is -0.726. The van der Waals surface area contributed by atoms with Crippen LogP contribution in [0.1, 0.15) is 37.8 Å². The molecule has 5 atom stereocenters. The number of hydroxylamine groups is 2. The smallest absolute Gasteiger partial charge is 0.241 e. The molecule has 0 unspecified atom stereocenters. The number of nitriles is 1. The minimum absolute atomic E-state index is 0.0565. The van der Waals surface area contributed by atoms with E-state index in [4.69, 9.17) is 15.1 Å². The molecule has 1 aromatic rings. The van der Waals surface area contributed by atoms with Gasteiger partial charge in [-0.15, -0.1) is 9.32 Å². The van der Waals surface area contributed by atoms with Crippen LogP contribution in [0.2, 0.25) is 0 Å². The number of benzene rings is 1. The van der Waals surface area contributed by atoms with Crippen molar-refractivity contribution in [2.45, 2.75) is 61.3 Å². The van der Waals surface area contributed by atoms with E-state index >= 15 is 0 Å². The molecular formula is C23H32N6O4S. The van der Waals surface area contributed by atoms with Crippen molar-refractivity contribution < 1.29 is 18.9 Å². The van der Waals surface area contributed by atoms with Gasteiger partial charge in [0.2, 0.25) is 11.8 Å². The maximum atomic E-state index is 13.2. The number of carbonyl (C=O) groups excluding carboxylic acids is 2. The van der Waals surface area contributed by atoms with E-state index in [-0.39, 0.29) is 36.0 Å². The number of likely N-dealkylation sites (tertiary alicyclic amines) is 3. The zero-order chi connectivity index (χ0) is 24.4. The highest BCUT2D eigenvalue weighted by Gasteiger charge is 2.51. The number of rotatable bonds is 9. The molecule has 3 saturated heterocycles. The molecule has 1 aromatic carbocycles. The van der Waals surface area contributed by atoms with Crippen LogP contribution < -0.4 is 5.73 Å². The molecule has 184 valence electrons. The molecule has 3 fully saturated rings. The highest BCUT2D eigenvalue weighted by molar-refractivity contribution is 7.94. The molecule has 11 heteroatoms. The van der Waals surface area contributed by atoms with E-state index in [1.807, 2.05) is 41.0 Å². The van der Waals surface area contributed by atoms with E-state index in [1.165, 1.54) is 5.06 Å². The van der Waals surface area contributed by atoms with Gasteiger partial charge in [0.05, 0.1) is 36.2 Å². The maximum absolute atomic E-state index is 13.2. The van der Waals surface area contributed by atoms with Crippen molar-refractivity contribution in [1.29, 1.82) is 5.26 Å². The second-order valence-electron chi connectivity index (χ2n) is 9.31. The summed E-state index contributed by atoms with van der Waals surface area (Å²) in [6.45, 7) is 3.66. The number of fused-ring (bicyclic) bond motifs is 2. The maximum Gasteiger partial charge on any atom is 0.241 e. The molecule has 34 heavy (non-hydrogen) atoms. The fourth-order valence-corrected chi connectivity index (χ4v) is 5.66. The van der Waals surface area contributed by atoms with Gasteiger partial charge in [0.15, 0.2) is 0 Å². The predicted octanol–water partition coefficient (Wildman–Crippen LogP) is 1.31. The number of hydrogen-bond donors (Lipinski definition) is 1. The zero-order valence-electron chi connectivity index (χ0n) is 19.8. The SMILES string of the molecule is C[C@H](c1ccc(SOON(C)C)cc1)N1C(=O)[C@@H]2C[C@H]1CN2C[C@H](N)C(=O)N1CCC[C@H]1C#N. The van der Waals surface area contributed by atoms with Crippen molar-refractivity contribution >= 4 is 23.9 Å². The Kier molecular flexibility index (Phi) is 7.77. The van der Waals surface area contributed by atoms with Crippen molar-refractivity contribution in [3.8, 4) is 6.07 Å². The first-order chi connectivity index (χ1) is 16.3. The Morgan fingerprint density at radius 3 is 2.74 bits per heavy atom. The fraction of sp³-hybridized carbons (Fsp3) is 0.609. The van der Waals surface area contributed by atoms with Gasteiger partial charge < -0.3 is 15.5 Å². The first kappa shape index (κ1) is 24.9. The molecule has 4 rings (SSSR count). The molecule has 0 spiro atoms. The molecule has 10 nitrogen and oxygen atoms in total. The first-order valence-corrected chi connectivity index (χ1v) is 12.3. The lowest BCUT2D eigenvalue weighted by atomic mass is 10.1. The Balaban J connectivity index is 1.32. The lowest BCUT2D eigenvalue weighted by Crippen LogP contribution is -2.56. The number of nitrogens with two attached hydrogens (primary N) is 1. The van der Waals surface area contributed by atoms with E-state index in [0.29, 0.717) is 26.1 Å². The average Bonchev–Trinajstić information content (AvgIpc) is 3.53. The number of nitrogens with zero attached hydrogens (tertiary/aromatic N) is 5. The summed E-state index contributed by atoms with van der Waals surface area (Å²) < 4.78 is 5.06. The largest absolute Gasteiger partial charge is 0.330 e. The van der Waals surface area contributed by atoms with E-state index in [1.54, 1.807) is 19.0 Å². The number of amides is 2. The van der Waals surface area contributed by atoms with E-state index < -0.39 is 6.04 Å². The van der Waals surface area contributed by atoms with Gasteiger partial charge in [0, 0.05) is 44.7 Å². The van der Waals surface area contributed by atoms with Gasteiger partial charge in [-0.25, -0.2) is 0 Å². The predicted molar refractivity (Wildman–Crippen MR) is 126 cm³/mol. The Hall–Kier alpha value is -2.20. The lowest BCUT2D eigenvalue weighted by molar-refractivity contribution is -0.340. The summed E-state index contributed by atoms with van der Waals surface area (Å²) in [7, 11) is 3.47. The van der Waals surface area contributed by atoms with Crippen LogP contribution in [0.4, 0.5) is 0 Å². The quantitative estimate of drug-likeness (QED) is 0.312. The van der Waals surface area contributed by atoms with Crippen LogP contribution in [0, 0.1) is 11.3 Å². The van der Waals surface area contributed by atoms with Crippen LogP contribution in [-0.4, -0.2) is 89.5 Å². The molecule has 2 N–H and O–H groups in total. The molecule has 2 bridgehead atoms. The average molecular weight is 489 g/mol. The zero-order valence-corrected chi connectivity index (χ0v) is 20.6. The number of hydrogen-bond acceptors (Lipinski definition) is 9. The second kappa shape index (κ2) is 10.6. The van der Waals surface area contributed by atoms with E-state index in [2.05, 4.69) is 6.07 Å². The van der Waals surface area contributed by atoms with Crippen LogP contribution in [0.15, 0.2) is 29.2 Å². The standard InChI is InChI=1S/C23H32N6O4S/c1-15(16-6-8-19(9-7-16)34-33-32-26(2)3)29-18-11-21(23(29)31)27(13-18)14-20(25)22(30)28-10-4-5-17(28)12-24/h6-9,15,17-18,20-21H,4-5,10-11,13-14,25H2,1-3H3/t15-,17+,18+,20+,21+/m1/s1. The topological polar surface area (TPSA) is 115 Å². The molecule has 0 aromatic heterocycles. The number of carbonyl (C=O) groups is 2. The summed E-state index contributed by atoms with van der Waals surface area (Å²) in [5.74, 6) is -0.108. The normalized spacial score (nSPS) is 26.4. The van der Waals surface area contributed by atoms with Crippen molar-refractivity contribution in [1.82, 2.24) is 19.8 Å². The summed E-state index contributed by atoms with van der Waals surface area (Å²) in [5, 5.41) is 10.7. The van der Waals surface area contributed by atoms with Gasteiger partial charge in [-0.1, -0.05) is 12.1 Å². The molecule has 2 amide bonds. The van der Waals surface area contributed by atoms with Crippen LogP contribution in [0.25, 0.3) is 0 Å². The minimum Gasteiger partial charge on any atom is -0.330 e. The van der Waals surface area contributed by atoms with Gasteiger partial charge >= 0.3 is 0 Å². The van der Waals surface area contributed by atoms with Crippen LogP contribution in [0.5, 0.6) is 0 Å². The van der Waals surface area contributed by atoms with Crippen molar-refractivity contribution in [3.63, 3.8) is 0 Å². The van der Waals surface area contributed by atoms with Crippen LogP contribution >= 0.6 is 12.0 Å². The third-order valence-corrected chi connectivity index (χ3v) is 7.43. The monoisotopic (exact) mass is 488 g/mol. The van der Waals surface area contributed by atoms with Crippen LogP contribution in [0.3, 0.4) is 0 Å². The molecule has 0 aliphatic carbocycles. The highest BCUT2D eigenvalue weighted by atomic mass is 32.2. The van der Waals surface area contributed by atoms with Gasteiger partial charge in [0.25, 0.3) is 0 Å². The third kappa shape index (κ3) is 5.07. The van der Waals surface area contributed by atoms with Crippen LogP contribution in [-0.2, 0) is 18.9 Å². The van der Waals surface area contributed by atoms with Crippen molar-refractivity contribution in [2.75, 3.05) is 33.7 Å². The third-order valence-electron chi connectivity index (χ3n) is 6.84. The van der Waals surface area contributed by atoms with Gasteiger partial charge in [-0.2, -0.15) is 10.3 Å². The molecule has 0 saturated carbocycles. The Bertz CT molecular complexity index is 938. The Labute approximate surface area is 204 Å². The highest BCUT2D eigenvalue weighted by Crippen LogP contribution is 2.38. The molecule has 3 aliphatic heterocycles. The Morgan fingerprint density at radius 1 is 1.35 bits per heavy atom. The van der Waals surface area contributed by atoms with E-state index in [0.717, 1.165) is 35.3 Å². The van der Waals surface area contributed by atoms with Gasteiger partial charge in [-0.05, 0) is 43.9 Å². The second-order valence-corrected chi connectivity index (χ2v) is 10.1. The van der Waals surface area contributed by atoms with Gasteiger partial charge in [-0.3, -0.25) is 14.5 Å². The summed E-state index contributed by atoms with van der Waals surface area (Å²) in [4.78, 5) is 37.4. The lowest BCUT2D eigenvalue weighted by Gasteiger charge is -2.38. The summed E-state index contributed by atoms with van der Waals surface area (Å²) in [6, 6.07) is 8.75. The van der Waals surface area contributed by atoms with E-state index in [9.17, 15) is 14.9 Å². The summed E-state index contributed by atoms with van der Waals surface area (Å²) in [5.41, 5.74) is 7.28. The first-order valence-electron chi connectivity index (χ1n) is 11.6. The molecule has 3 heterocycles.